The van der Waals surface area contributed by atoms with Crippen LogP contribution in [0.25, 0.3) is 0 Å². The average molecular weight is 444 g/mol. The minimum absolute atomic E-state index is 0.0618. The maximum Gasteiger partial charge on any atom is 0.410 e. The molecule has 10 nitrogen and oxygen atoms in total. The summed E-state index contributed by atoms with van der Waals surface area (Å²) in [5, 5.41) is 18.2. The summed E-state index contributed by atoms with van der Waals surface area (Å²) >= 11 is 0. The van der Waals surface area contributed by atoms with Crippen LogP contribution >= 0.6 is 0 Å². The van der Waals surface area contributed by atoms with Crippen molar-refractivity contribution in [3.05, 3.63) is 71.8 Å². The molecule has 0 aliphatic carbocycles. The zero-order valence-corrected chi connectivity index (χ0v) is 17.3. The molecule has 0 spiro atoms. The van der Waals surface area contributed by atoms with Crippen molar-refractivity contribution in [2.24, 2.45) is 0 Å². The van der Waals surface area contributed by atoms with E-state index >= 15 is 0 Å². The Labute approximate surface area is 184 Å². The summed E-state index contributed by atoms with van der Waals surface area (Å²) in [6, 6.07) is 17.6. The first kappa shape index (κ1) is 24.2. The van der Waals surface area contributed by atoms with Crippen molar-refractivity contribution in [1.29, 1.82) is 0 Å². The molecule has 0 aliphatic rings. The van der Waals surface area contributed by atoms with Gasteiger partial charge in [-0.05, 0) is 11.1 Å². The highest BCUT2D eigenvalue weighted by Gasteiger charge is 2.23. The lowest BCUT2D eigenvalue weighted by molar-refractivity contribution is -0.139. The molecular weight excluding hydrogens is 420 g/mol. The Morgan fingerprint density at radius 3 is 1.28 bits per heavy atom. The second-order valence-corrected chi connectivity index (χ2v) is 6.71. The van der Waals surface area contributed by atoms with Gasteiger partial charge in [0.05, 0.1) is 0 Å². The van der Waals surface area contributed by atoms with Crippen LogP contribution in [0.2, 0.25) is 0 Å². The topological polar surface area (TPSA) is 134 Å². The third-order valence-corrected chi connectivity index (χ3v) is 4.22. The molecule has 0 atom stereocenters. The molecule has 170 valence electrons. The van der Waals surface area contributed by atoms with Crippen molar-refractivity contribution >= 4 is 24.1 Å². The highest BCUT2D eigenvalue weighted by molar-refractivity contribution is 5.78. The van der Waals surface area contributed by atoms with Crippen LogP contribution in [0.1, 0.15) is 11.1 Å². The Kier molecular flexibility index (Phi) is 9.51. The summed E-state index contributed by atoms with van der Waals surface area (Å²) < 4.78 is 10.3. The Hall–Kier alpha value is -4.08. The molecule has 2 rings (SSSR count). The Morgan fingerprint density at radius 1 is 0.625 bits per heavy atom. The predicted octanol–water partition coefficient (Wildman–Crippen LogP) is 2.43. The van der Waals surface area contributed by atoms with Gasteiger partial charge in [-0.25, -0.2) is 9.59 Å². The molecule has 0 aliphatic heterocycles. The maximum absolute atomic E-state index is 12.4. The van der Waals surface area contributed by atoms with Gasteiger partial charge in [0.25, 0.3) is 0 Å². The number of hydrogen-bond acceptors (Lipinski definition) is 6. The van der Waals surface area contributed by atoms with Crippen LogP contribution in [0.4, 0.5) is 9.59 Å². The van der Waals surface area contributed by atoms with Crippen LogP contribution in [0.5, 0.6) is 0 Å². The van der Waals surface area contributed by atoms with Crippen molar-refractivity contribution in [3.8, 4) is 0 Å². The third kappa shape index (κ3) is 8.74. The first-order chi connectivity index (χ1) is 15.3. The number of nitrogens with zero attached hydrogens (tertiary/aromatic N) is 2. The van der Waals surface area contributed by atoms with E-state index in [1.807, 2.05) is 0 Å². The van der Waals surface area contributed by atoms with Crippen molar-refractivity contribution in [1.82, 2.24) is 9.80 Å². The van der Waals surface area contributed by atoms with E-state index in [4.69, 9.17) is 19.7 Å². The third-order valence-electron chi connectivity index (χ3n) is 4.22. The van der Waals surface area contributed by atoms with Gasteiger partial charge in [0, 0.05) is 13.1 Å². The van der Waals surface area contributed by atoms with E-state index in [1.54, 1.807) is 60.7 Å². The maximum atomic E-state index is 12.4. The first-order valence-electron chi connectivity index (χ1n) is 9.70. The number of aliphatic carboxylic acids is 2. The highest BCUT2D eigenvalue weighted by Crippen LogP contribution is 2.06. The fourth-order valence-corrected chi connectivity index (χ4v) is 2.66. The van der Waals surface area contributed by atoms with Crippen molar-refractivity contribution in [2.45, 2.75) is 13.2 Å². The molecule has 0 aromatic heterocycles. The smallest absolute Gasteiger partial charge is 0.410 e. The number of amides is 2. The number of ether oxygens (including phenoxy) is 2. The molecule has 2 aromatic rings. The molecule has 0 heterocycles. The van der Waals surface area contributed by atoms with Crippen LogP contribution in [-0.2, 0) is 32.3 Å². The standard InChI is InChI=1S/C22H24N2O8/c25-19(26)13-23(21(29)31-15-17-7-3-1-4-8-17)11-12-24(14-20(27)28)22(30)32-16-18-9-5-2-6-10-18/h1-10H,11-16H2,(H,25,26)(H,27,28). The monoisotopic (exact) mass is 444 g/mol. The fourth-order valence-electron chi connectivity index (χ4n) is 2.66. The van der Waals surface area contributed by atoms with Crippen LogP contribution in [0.15, 0.2) is 60.7 Å². The molecule has 32 heavy (non-hydrogen) atoms. The Balaban J connectivity index is 1.96. The van der Waals surface area contributed by atoms with Gasteiger partial charge in [-0.15, -0.1) is 0 Å². The molecule has 2 N–H and O–H groups in total. The van der Waals surface area contributed by atoms with E-state index in [1.165, 1.54) is 0 Å². The van der Waals surface area contributed by atoms with Gasteiger partial charge < -0.3 is 19.7 Å². The zero-order valence-electron chi connectivity index (χ0n) is 17.3. The molecule has 10 heteroatoms. The normalized spacial score (nSPS) is 10.1. The number of carboxylic acid groups (broad SMARTS) is 2. The largest absolute Gasteiger partial charge is 0.480 e. The molecule has 0 saturated heterocycles. The number of hydrogen-bond donors (Lipinski definition) is 2. The minimum atomic E-state index is -1.28. The fraction of sp³-hybridized carbons (Fsp3) is 0.273. The van der Waals surface area contributed by atoms with Gasteiger partial charge in [-0.2, -0.15) is 0 Å². The van der Waals surface area contributed by atoms with Crippen molar-refractivity contribution in [2.75, 3.05) is 26.2 Å². The van der Waals surface area contributed by atoms with E-state index < -0.39 is 37.2 Å². The summed E-state index contributed by atoms with van der Waals surface area (Å²) in [4.78, 5) is 48.8. The van der Waals surface area contributed by atoms with Crippen LogP contribution < -0.4 is 0 Å². The molecule has 0 radical (unpaired) electrons. The summed E-state index contributed by atoms with van der Waals surface area (Å²) in [5.74, 6) is -2.56. The number of carbonyl (C=O) groups is 4. The molecule has 0 bridgehead atoms. The lowest BCUT2D eigenvalue weighted by atomic mass is 10.2. The Bertz CT molecular complexity index is 829. The molecule has 0 unspecified atom stereocenters. The van der Waals surface area contributed by atoms with Crippen molar-refractivity contribution in [3.63, 3.8) is 0 Å². The number of carbonyl (C=O) groups excluding carboxylic acids is 2. The highest BCUT2D eigenvalue weighted by atomic mass is 16.6. The van der Waals surface area contributed by atoms with E-state index in [9.17, 15) is 19.2 Å². The summed E-state index contributed by atoms with van der Waals surface area (Å²) in [7, 11) is 0. The van der Waals surface area contributed by atoms with Crippen molar-refractivity contribution < 1.29 is 38.9 Å². The molecule has 0 fully saturated rings. The quantitative estimate of drug-likeness (QED) is 0.540. The van der Waals surface area contributed by atoms with Gasteiger partial charge in [-0.3, -0.25) is 19.4 Å². The summed E-state index contributed by atoms with van der Waals surface area (Å²) in [6.45, 7) is -1.98. The van der Waals surface area contributed by atoms with Gasteiger partial charge in [0.1, 0.15) is 26.3 Å². The van der Waals surface area contributed by atoms with Crippen LogP contribution in [-0.4, -0.2) is 70.3 Å². The van der Waals surface area contributed by atoms with E-state index in [0.717, 1.165) is 9.80 Å². The van der Waals surface area contributed by atoms with Gasteiger partial charge in [-0.1, -0.05) is 60.7 Å². The van der Waals surface area contributed by atoms with Gasteiger partial charge in [0.2, 0.25) is 0 Å². The van der Waals surface area contributed by atoms with E-state index in [2.05, 4.69) is 0 Å². The number of rotatable bonds is 11. The molecule has 2 amide bonds. The first-order valence-corrected chi connectivity index (χ1v) is 9.70. The average Bonchev–Trinajstić information content (AvgIpc) is 2.78. The minimum Gasteiger partial charge on any atom is -0.480 e. The second kappa shape index (κ2) is 12.6. The SMILES string of the molecule is O=C(O)CN(CCN(CC(=O)O)C(=O)OCc1ccccc1)C(=O)OCc1ccccc1. The number of carboxylic acids is 2. The van der Waals surface area contributed by atoms with E-state index in [0.29, 0.717) is 11.1 Å². The predicted molar refractivity (Wildman–Crippen MR) is 112 cm³/mol. The van der Waals surface area contributed by atoms with Crippen LogP contribution in [0.3, 0.4) is 0 Å². The second-order valence-electron chi connectivity index (χ2n) is 6.71. The van der Waals surface area contributed by atoms with E-state index in [-0.39, 0.29) is 26.3 Å². The summed E-state index contributed by atoms with van der Waals surface area (Å²) in [6.07, 6.45) is -1.80. The lowest BCUT2D eigenvalue weighted by Crippen LogP contribution is -2.45. The number of benzene rings is 2. The van der Waals surface area contributed by atoms with Gasteiger partial charge in [0.15, 0.2) is 0 Å². The Morgan fingerprint density at radius 2 is 0.969 bits per heavy atom. The van der Waals surface area contributed by atoms with Gasteiger partial charge >= 0.3 is 24.1 Å². The zero-order chi connectivity index (χ0) is 23.3. The van der Waals surface area contributed by atoms with Crippen LogP contribution in [0, 0.1) is 0 Å². The molecule has 2 aromatic carbocycles. The molecular formula is C22H24N2O8. The summed E-state index contributed by atoms with van der Waals surface area (Å²) in [5.41, 5.74) is 1.43. The molecule has 0 saturated carbocycles. The lowest BCUT2D eigenvalue weighted by Gasteiger charge is -2.25.